The Bertz CT molecular complexity index is 751. The van der Waals surface area contributed by atoms with Crippen molar-refractivity contribution in [2.75, 3.05) is 5.32 Å². The van der Waals surface area contributed by atoms with E-state index in [2.05, 4.69) is 10.6 Å². The minimum atomic E-state index is -0.642. The number of carbonyl (C=O) groups is 2. The lowest BCUT2D eigenvalue weighted by Crippen LogP contribution is -2.41. The summed E-state index contributed by atoms with van der Waals surface area (Å²) in [5.74, 6) is 0.117. The van der Waals surface area contributed by atoms with Gasteiger partial charge in [-0.25, -0.2) is 0 Å². The molecule has 0 saturated carbocycles. The lowest BCUT2D eigenvalue weighted by atomic mass is 10.1. The number of benzene rings is 2. The molecule has 0 saturated heterocycles. The summed E-state index contributed by atoms with van der Waals surface area (Å²) in [6.07, 6.45) is -0.131. The van der Waals surface area contributed by atoms with Gasteiger partial charge in [0.25, 0.3) is 11.8 Å². The average Bonchev–Trinajstić information content (AvgIpc) is 2.59. The van der Waals surface area contributed by atoms with Crippen LogP contribution in [0.25, 0.3) is 0 Å². The third-order valence-electron chi connectivity index (χ3n) is 3.60. The Hall–Kier alpha value is -2.82. The predicted molar refractivity (Wildman–Crippen MR) is 103 cm³/mol. The standard InChI is InChI=1S/C21H26N2O3/c1-5-18(26-15-11-7-6-8-12-15)20(25)22-17-14-10-9-13-16(17)19(24)23-21(2,3)4/h6-14,18H,5H2,1-4H3,(H,22,25)(H,23,24)/t18-/m0/s1. The van der Waals surface area contributed by atoms with Crippen LogP contribution >= 0.6 is 0 Å². The van der Waals surface area contributed by atoms with Crippen molar-refractivity contribution in [1.29, 1.82) is 0 Å². The maximum absolute atomic E-state index is 12.6. The van der Waals surface area contributed by atoms with Crippen LogP contribution in [0.5, 0.6) is 5.75 Å². The maximum Gasteiger partial charge on any atom is 0.265 e. The van der Waals surface area contributed by atoms with Gasteiger partial charge < -0.3 is 15.4 Å². The molecule has 0 spiro atoms. The second kappa shape index (κ2) is 8.52. The van der Waals surface area contributed by atoms with Crippen molar-refractivity contribution in [2.45, 2.75) is 45.8 Å². The molecule has 0 aliphatic rings. The van der Waals surface area contributed by atoms with Crippen molar-refractivity contribution in [2.24, 2.45) is 0 Å². The predicted octanol–water partition coefficient (Wildman–Crippen LogP) is 4.01. The number of amides is 2. The van der Waals surface area contributed by atoms with E-state index in [4.69, 9.17) is 4.74 Å². The van der Waals surface area contributed by atoms with E-state index in [0.29, 0.717) is 23.4 Å². The molecule has 2 rings (SSSR count). The van der Waals surface area contributed by atoms with E-state index in [1.54, 1.807) is 36.4 Å². The van der Waals surface area contributed by atoms with E-state index < -0.39 is 6.10 Å². The first-order chi connectivity index (χ1) is 12.3. The summed E-state index contributed by atoms with van der Waals surface area (Å²) in [5.41, 5.74) is 0.524. The minimum Gasteiger partial charge on any atom is -0.481 e. The Morgan fingerprint density at radius 3 is 2.23 bits per heavy atom. The number of anilines is 1. The molecule has 138 valence electrons. The van der Waals surface area contributed by atoms with Gasteiger partial charge in [-0.15, -0.1) is 0 Å². The van der Waals surface area contributed by atoms with E-state index in [0.717, 1.165) is 0 Å². The first kappa shape index (κ1) is 19.5. The van der Waals surface area contributed by atoms with Crippen LogP contribution in [0.1, 0.15) is 44.5 Å². The molecular weight excluding hydrogens is 328 g/mol. The molecule has 0 unspecified atom stereocenters. The van der Waals surface area contributed by atoms with Crippen LogP contribution in [0.15, 0.2) is 54.6 Å². The number of rotatable bonds is 6. The zero-order valence-electron chi connectivity index (χ0n) is 15.7. The molecule has 0 heterocycles. The van der Waals surface area contributed by atoms with Crippen LogP contribution in [-0.4, -0.2) is 23.5 Å². The van der Waals surface area contributed by atoms with E-state index in [1.807, 2.05) is 45.9 Å². The van der Waals surface area contributed by atoms with Gasteiger partial charge in [-0.1, -0.05) is 37.3 Å². The largest absolute Gasteiger partial charge is 0.481 e. The molecule has 0 bridgehead atoms. The third kappa shape index (κ3) is 5.62. The van der Waals surface area contributed by atoms with Crippen LogP contribution in [0.2, 0.25) is 0 Å². The summed E-state index contributed by atoms with van der Waals surface area (Å²) in [5, 5.41) is 5.73. The summed E-state index contributed by atoms with van der Waals surface area (Å²) < 4.78 is 5.77. The molecule has 2 amide bonds. The Balaban J connectivity index is 2.14. The van der Waals surface area contributed by atoms with Crippen molar-refractivity contribution in [3.05, 3.63) is 60.2 Å². The number of ether oxygens (including phenoxy) is 1. The van der Waals surface area contributed by atoms with Crippen molar-refractivity contribution < 1.29 is 14.3 Å². The summed E-state index contributed by atoms with van der Waals surface area (Å²) in [4.78, 5) is 25.1. The van der Waals surface area contributed by atoms with Gasteiger partial charge in [0, 0.05) is 5.54 Å². The normalized spacial score (nSPS) is 12.2. The summed E-state index contributed by atoms with van der Waals surface area (Å²) in [6, 6.07) is 16.2. The van der Waals surface area contributed by atoms with E-state index in [1.165, 1.54) is 0 Å². The molecule has 2 aromatic carbocycles. The number of nitrogens with one attached hydrogen (secondary N) is 2. The van der Waals surface area contributed by atoms with Gasteiger partial charge in [0.15, 0.2) is 6.10 Å². The van der Waals surface area contributed by atoms with Crippen LogP contribution < -0.4 is 15.4 Å². The first-order valence-electron chi connectivity index (χ1n) is 8.74. The molecule has 2 aromatic rings. The SMILES string of the molecule is CC[C@H](Oc1ccccc1)C(=O)Nc1ccccc1C(=O)NC(C)(C)C. The zero-order chi connectivity index (χ0) is 19.2. The van der Waals surface area contributed by atoms with Gasteiger partial charge in [-0.05, 0) is 51.5 Å². The molecule has 0 aliphatic heterocycles. The highest BCUT2D eigenvalue weighted by atomic mass is 16.5. The minimum absolute atomic E-state index is 0.231. The van der Waals surface area contributed by atoms with Gasteiger partial charge in [-0.2, -0.15) is 0 Å². The van der Waals surface area contributed by atoms with E-state index >= 15 is 0 Å². The quantitative estimate of drug-likeness (QED) is 0.823. The number of hydrogen-bond acceptors (Lipinski definition) is 3. The van der Waals surface area contributed by atoms with Gasteiger partial charge in [-0.3, -0.25) is 9.59 Å². The van der Waals surface area contributed by atoms with E-state index in [9.17, 15) is 9.59 Å². The molecule has 1 atom stereocenters. The summed E-state index contributed by atoms with van der Waals surface area (Å²) >= 11 is 0. The number of para-hydroxylation sites is 2. The molecule has 26 heavy (non-hydrogen) atoms. The van der Waals surface area contributed by atoms with Crippen LogP contribution in [0.3, 0.4) is 0 Å². The Morgan fingerprint density at radius 1 is 1.00 bits per heavy atom. The second-order valence-electron chi connectivity index (χ2n) is 7.07. The van der Waals surface area contributed by atoms with E-state index in [-0.39, 0.29) is 17.4 Å². The van der Waals surface area contributed by atoms with Crippen LogP contribution in [0.4, 0.5) is 5.69 Å². The average molecular weight is 354 g/mol. The lowest BCUT2D eigenvalue weighted by molar-refractivity contribution is -0.122. The van der Waals surface area contributed by atoms with Gasteiger partial charge in [0.2, 0.25) is 0 Å². The fourth-order valence-electron chi connectivity index (χ4n) is 2.40. The summed E-state index contributed by atoms with van der Waals surface area (Å²) in [6.45, 7) is 7.61. The van der Waals surface area contributed by atoms with Gasteiger partial charge in [0.1, 0.15) is 5.75 Å². The zero-order valence-corrected chi connectivity index (χ0v) is 15.7. The monoisotopic (exact) mass is 354 g/mol. The topological polar surface area (TPSA) is 67.4 Å². The fraction of sp³-hybridized carbons (Fsp3) is 0.333. The number of hydrogen-bond donors (Lipinski definition) is 2. The molecule has 5 nitrogen and oxygen atoms in total. The van der Waals surface area contributed by atoms with Crippen molar-refractivity contribution in [1.82, 2.24) is 5.32 Å². The Morgan fingerprint density at radius 2 is 1.62 bits per heavy atom. The third-order valence-corrected chi connectivity index (χ3v) is 3.60. The lowest BCUT2D eigenvalue weighted by Gasteiger charge is -2.22. The van der Waals surface area contributed by atoms with Crippen molar-refractivity contribution >= 4 is 17.5 Å². The molecular formula is C21H26N2O3. The molecule has 2 N–H and O–H groups in total. The second-order valence-corrected chi connectivity index (χ2v) is 7.07. The van der Waals surface area contributed by atoms with Crippen LogP contribution in [0, 0.1) is 0 Å². The van der Waals surface area contributed by atoms with Gasteiger partial charge in [0.05, 0.1) is 11.3 Å². The molecule has 0 fully saturated rings. The Kier molecular flexibility index (Phi) is 6.39. The molecule has 5 heteroatoms. The molecule has 0 aromatic heterocycles. The highest BCUT2D eigenvalue weighted by molar-refractivity contribution is 6.04. The molecule has 0 radical (unpaired) electrons. The highest BCUT2D eigenvalue weighted by Crippen LogP contribution is 2.18. The maximum atomic E-state index is 12.6. The van der Waals surface area contributed by atoms with Crippen molar-refractivity contribution in [3.8, 4) is 5.75 Å². The smallest absolute Gasteiger partial charge is 0.265 e. The molecule has 0 aliphatic carbocycles. The Labute approximate surface area is 154 Å². The highest BCUT2D eigenvalue weighted by Gasteiger charge is 2.22. The van der Waals surface area contributed by atoms with Crippen molar-refractivity contribution in [3.63, 3.8) is 0 Å². The fourth-order valence-corrected chi connectivity index (χ4v) is 2.40. The summed E-state index contributed by atoms with van der Waals surface area (Å²) in [7, 11) is 0. The van der Waals surface area contributed by atoms with Crippen LogP contribution in [-0.2, 0) is 4.79 Å². The first-order valence-corrected chi connectivity index (χ1v) is 8.74. The number of carbonyl (C=O) groups excluding carboxylic acids is 2. The van der Waals surface area contributed by atoms with Gasteiger partial charge >= 0.3 is 0 Å².